The maximum absolute atomic E-state index is 10.3. The molecule has 0 atom stereocenters. The minimum absolute atomic E-state index is 0.187. The Kier molecular flexibility index (Phi) is 6.00. The van der Waals surface area contributed by atoms with Crippen molar-refractivity contribution in [3.05, 3.63) is 36.0 Å². The molecule has 18 heavy (non-hydrogen) atoms. The van der Waals surface area contributed by atoms with Gasteiger partial charge in [0, 0.05) is 0 Å². The van der Waals surface area contributed by atoms with Gasteiger partial charge in [-0.3, -0.25) is 0 Å². The highest BCUT2D eigenvalue weighted by Crippen LogP contribution is 2.24. The van der Waals surface area contributed by atoms with Crippen LogP contribution in [0.1, 0.15) is 48.0 Å². The Morgan fingerprint density at radius 2 is 1.83 bits per heavy atom. The fourth-order valence-electron chi connectivity index (χ4n) is 1.36. The molecule has 0 spiro atoms. The highest BCUT2D eigenvalue weighted by molar-refractivity contribution is 5.35. The highest BCUT2D eigenvalue weighted by Gasteiger charge is 2.16. The molecular formula is C16H25NO. The largest absolute Gasteiger partial charge is 0.235 e. The normalized spacial score (nSPS) is 13.6. The predicted molar refractivity (Wildman–Crippen MR) is 78.3 cm³/mol. The molecule has 0 radical (unpaired) electrons. The lowest BCUT2D eigenvalue weighted by atomic mass is 9.87. The van der Waals surface area contributed by atoms with Gasteiger partial charge in [-0.1, -0.05) is 56.7 Å². The van der Waals surface area contributed by atoms with Gasteiger partial charge < -0.3 is 0 Å². The third-order valence-corrected chi connectivity index (χ3v) is 2.87. The summed E-state index contributed by atoms with van der Waals surface area (Å²) >= 11 is 0. The lowest BCUT2D eigenvalue weighted by molar-refractivity contribution is 0.502. The minimum Gasteiger partial charge on any atom is -0.211 e. The van der Waals surface area contributed by atoms with Gasteiger partial charge in [0.1, 0.15) is 0 Å². The molecule has 0 saturated carbocycles. The lowest BCUT2D eigenvalue weighted by Gasteiger charge is -2.19. The molecule has 0 bridgehead atoms. The summed E-state index contributed by atoms with van der Waals surface area (Å²) in [5.41, 5.74) is 2.03. The quantitative estimate of drug-likeness (QED) is 0.397. The molecule has 2 nitrogen and oxygen atoms in total. The Bertz CT molecular complexity index is 399. The maximum atomic E-state index is 10.3. The number of rotatable bonds is 5. The average molecular weight is 247 g/mol. The second kappa shape index (κ2) is 6.51. The van der Waals surface area contributed by atoms with Crippen LogP contribution in [0, 0.1) is 5.41 Å². The Balaban J connectivity index is 4.56. The van der Waals surface area contributed by atoms with Crippen LogP contribution in [0.3, 0.4) is 0 Å². The van der Waals surface area contributed by atoms with Crippen molar-refractivity contribution in [3.63, 3.8) is 0 Å². The SMILES string of the molecule is C=C(/C=C\C=C(/C)C(C)(C)C)CC(C)(C)N=C=O. The van der Waals surface area contributed by atoms with E-state index in [-0.39, 0.29) is 5.41 Å². The second-order valence-corrected chi connectivity index (χ2v) is 6.31. The first kappa shape index (κ1) is 16.6. The highest BCUT2D eigenvalue weighted by atomic mass is 16.1. The van der Waals surface area contributed by atoms with Crippen LogP contribution in [0.2, 0.25) is 0 Å². The van der Waals surface area contributed by atoms with Crippen molar-refractivity contribution in [1.82, 2.24) is 0 Å². The first-order valence-electron chi connectivity index (χ1n) is 6.21. The number of isocyanates is 1. The van der Waals surface area contributed by atoms with Gasteiger partial charge in [-0.15, -0.1) is 0 Å². The van der Waals surface area contributed by atoms with Gasteiger partial charge >= 0.3 is 0 Å². The van der Waals surface area contributed by atoms with Gasteiger partial charge in [-0.05, 0) is 32.6 Å². The first-order valence-corrected chi connectivity index (χ1v) is 6.21. The van der Waals surface area contributed by atoms with Gasteiger partial charge in [-0.2, -0.15) is 4.99 Å². The van der Waals surface area contributed by atoms with Gasteiger partial charge in [-0.25, -0.2) is 4.79 Å². The molecule has 0 aromatic heterocycles. The van der Waals surface area contributed by atoms with Crippen LogP contribution in [0.25, 0.3) is 0 Å². The van der Waals surface area contributed by atoms with E-state index in [1.807, 2.05) is 26.0 Å². The topological polar surface area (TPSA) is 29.4 Å². The van der Waals surface area contributed by atoms with Crippen LogP contribution in [-0.2, 0) is 4.79 Å². The summed E-state index contributed by atoms with van der Waals surface area (Å²) in [5, 5.41) is 0. The number of nitrogens with zero attached hydrogens (tertiary/aromatic N) is 1. The monoisotopic (exact) mass is 247 g/mol. The van der Waals surface area contributed by atoms with Gasteiger partial charge in [0.25, 0.3) is 0 Å². The van der Waals surface area contributed by atoms with E-state index in [4.69, 9.17) is 0 Å². The molecule has 0 aliphatic heterocycles. The fourth-order valence-corrected chi connectivity index (χ4v) is 1.36. The molecule has 0 aliphatic rings. The first-order chi connectivity index (χ1) is 8.08. The van der Waals surface area contributed by atoms with Gasteiger partial charge in [0.2, 0.25) is 6.08 Å². The Labute approximate surface area is 111 Å². The fraction of sp³-hybridized carbons (Fsp3) is 0.562. The van der Waals surface area contributed by atoms with Crippen LogP contribution in [-0.4, -0.2) is 11.6 Å². The summed E-state index contributed by atoms with van der Waals surface area (Å²) in [4.78, 5) is 14.0. The third kappa shape index (κ3) is 7.03. The van der Waals surface area contributed by atoms with E-state index in [1.165, 1.54) is 5.57 Å². The number of hydrogen-bond acceptors (Lipinski definition) is 2. The molecule has 0 amide bonds. The van der Waals surface area contributed by atoms with Crippen LogP contribution >= 0.6 is 0 Å². The average Bonchev–Trinajstić information content (AvgIpc) is 2.14. The molecule has 0 N–H and O–H groups in total. The van der Waals surface area contributed by atoms with Crippen molar-refractivity contribution < 1.29 is 4.79 Å². The molecule has 0 saturated heterocycles. The number of carbonyl (C=O) groups excluding carboxylic acids is 1. The van der Waals surface area contributed by atoms with Crippen molar-refractivity contribution in [2.75, 3.05) is 0 Å². The molecule has 0 aromatic carbocycles. The zero-order chi connectivity index (χ0) is 14.4. The van der Waals surface area contributed by atoms with Crippen molar-refractivity contribution in [3.8, 4) is 0 Å². The van der Waals surface area contributed by atoms with E-state index in [0.717, 1.165) is 5.57 Å². The Morgan fingerprint density at radius 3 is 2.28 bits per heavy atom. The summed E-state index contributed by atoms with van der Waals surface area (Å²) in [5.74, 6) is 0. The molecular weight excluding hydrogens is 222 g/mol. The Hall–Kier alpha value is -1.40. The second-order valence-electron chi connectivity index (χ2n) is 6.31. The summed E-state index contributed by atoms with van der Waals surface area (Å²) in [6.45, 7) is 16.4. The van der Waals surface area contributed by atoms with Crippen LogP contribution < -0.4 is 0 Å². The zero-order valence-corrected chi connectivity index (χ0v) is 12.5. The summed E-state index contributed by atoms with van der Waals surface area (Å²) in [6, 6.07) is 0. The smallest absolute Gasteiger partial charge is 0.211 e. The van der Waals surface area contributed by atoms with E-state index in [0.29, 0.717) is 6.42 Å². The molecule has 0 unspecified atom stereocenters. The molecule has 0 fully saturated rings. The Morgan fingerprint density at radius 1 is 1.28 bits per heavy atom. The standard InChI is InChI=1S/C16H25NO/c1-13(11-16(6,7)17-12-18)9-8-10-14(2)15(3,4)5/h8-10H,1,11H2,2-7H3/b9-8-,14-10+. The number of aliphatic imine (C=N–C) groups is 1. The molecule has 0 aliphatic carbocycles. The van der Waals surface area contributed by atoms with E-state index in [2.05, 4.69) is 45.3 Å². The van der Waals surface area contributed by atoms with Crippen LogP contribution in [0.5, 0.6) is 0 Å². The summed E-state index contributed by atoms with van der Waals surface area (Å²) < 4.78 is 0. The maximum Gasteiger partial charge on any atom is 0.235 e. The number of allylic oxidation sites excluding steroid dienone is 4. The lowest BCUT2D eigenvalue weighted by Crippen LogP contribution is -2.16. The zero-order valence-electron chi connectivity index (χ0n) is 12.5. The third-order valence-electron chi connectivity index (χ3n) is 2.87. The van der Waals surface area contributed by atoms with Gasteiger partial charge in [0.15, 0.2) is 0 Å². The van der Waals surface area contributed by atoms with E-state index < -0.39 is 5.54 Å². The molecule has 0 aromatic rings. The molecule has 100 valence electrons. The molecule has 0 rings (SSSR count). The summed E-state index contributed by atoms with van der Waals surface area (Å²) in [6.07, 6.45) is 8.33. The van der Waals surface area contributed by atoms with Crippen molar-refractivity contribution in [2.45, 2.75) is 53.5 Å². The van der Waals surface area contributed by atoms with Crippen molar-refractivity contribution in [2.24, 2.45) is 10.4 Å². The van der Waals surface area contributed by atoms with Crippen LogP contribution in [0.4, 0.5) is 0 Å². The minimum atomic E-state index is -0.425. The van der Waals surface area contributed by atoms with E-state index in [9.17, 15) is 4.79 Å². The van der Waals surface area contributed by atoms with Gasteiger partial charge in [0.05, 0.1) is 5.54 Å². The van der Waals surface area contributed by atoms with Crippen molar-refractivity contribution in [1.29, 1.82) is 0 Å². The van der Waals surface area contributed by atoms with Crippen molar-refractivity contribution >= 4 is 6.08 Å². The molecule has 0 heterocycles. The van der Waals surface area contributed by atoms with E-state index in [1.54, 1.807) is 6.08 Å². The predicted octanol–water partition coefficient (Wildman–Crippen LogP) is 4.60. The summed E-state index contributed by atoms with van der Waals surface area (Å²) in [7, 11) is 0. The van der Waals surface area contributed by atoms with E-state index >= 15 is 0 Å². The van der Waals surface area contributed by atoms with Crippen LogP contribution in [0.15, 0.2) is 40.9 Å². The molecule has 2 heteroatoms. The number of hydrogen-bond donors (Lipinski definition) is 0.